The molecule has 0 bridgehead atoms. The average Bonchev–Trinajstić information content (AvgIpc) is 2.31. The number of nitrogens with two attached hydrogens (primary N) is 1. The predicted molar refractivity (Wildman–Crippen MR) is 72.9 cm³/mol. The van der Waals surface area contributed by atoms with Gasteiger partial charge in [0.15, 0.2) is 0 Å². The van der Waals surface area contributed by atoms with Gasteiger partial charge in [-0.3, -0.25) is 4.79 Å². The highest BCUT2D eigenvalue weighted by molar-refractivity contribution is 5.81. The normalized spacial score (nSPS) is 14.8. The Balaban J connectivity index is 4.41. The van der Waals surface area contributed by atoms with Crippen LogP contribution in [0.1, 0.15) is 33.6 Å². The maximum absolute atomic E-state index is 12.2. The number of carbonyl (C=O) groups is 1. The number of rotatable bonds is 8. The van der Waals surface area contributed by atoms with Crippen molar-refractivity contribution in [3.05, 3.63) is 0 Å². The molecule has 0 aromatic carbocycles. The number of hydrogen-bond acceptors (Lipinski definition) is 3. The van der Waals surface area contributed by atoms with Crippen LogP contribution < -0.4 is 5.73 Å². The van der Waals surface area contributed by atoms with E-state index in [1.165, 1.54) is 0 Å². The largest absolute Gasteiger partial charge is 0.340 e. The van der Waals surface area contributed by atoms with Crippen LogP contribution in [0.3, 0.4) is 0 Å². The van der Waals surface area contributed by atoms with Crippen LogP contribution in [0.5, 0.6) is 0 Å². The first-order valence-electron chi connectivity index (χ1n) is 6.63. The lowest BCUT2D eigenvalue weighted by Gasteiger charge is -2.28. The van der Waals surface area contributed by atoms with Gasteiger partial charge < -0.3 is 15.5 Å². The van der Waals surface area contributed by atoms with E-state index in [4.69, 9.17) is 5.73 Å². The lowest BCUT2D eigenvalue weighted by atomic mass is 9.99. The van der Waals surface area contributed by atoms with E-state index in [1.54, 1.807) is 0 Å². The molecule has 102 valence electrons. The Hall–Kier alpha value is -0.610. The molecule has 0 saturated carbocycles. The van der Waals surface area contributed by atoms with Crippen molar-refractivity contribution in [1.82, 2.24) is 9.80 Å². The van der Waals surface area contributed by atoms with Crippen LogP contribution in [-0.2, 0) is 4.79 Å². The SMILES string of the molecule is CCCN(CCN(C)C)C(=O)[C@@H](N)C(C)CC. The van der Waals surface area contributed by atoms with Crippen molar-refractivity contribution < 1.29 is 4.79 Å². The minimum atomic E-state index is -0.353. The number of carbonyl (C=O) groups excluding carboxylic acids is 1. The van der Waals surface area contributed by atoms with Gasteiger partial charge in [-0.1, -0.05) is 27.2 Å². The summed E-state index contributed by atoms with van der Waals surface area (Å²) in [4.78, 5) is 16.2. The van der Waals surface area contributed by atoms with E-state index < -0.39 is 0 Å². The van der Waals surface area contributed by atoms with Gasteiger partial charge in [0, 0.05) is 19.6 Å². The highest BCUT2D eigenvalue weighted by Crippen LogP contribution is 2.09. The van der Waals surface area contributed by atoms with E-state index in [0.29, 0.717) is 0 Å². The molecule has 1 amide bonds. The topological polar surface area (TPSA) is 49.6 Å². The molecular formula is C13H29N3O. The molecule has 0 aromatic heterocycles. The molecule has 0 aliphatic rings. The Morgan fingerprint density at radius 3 is 2.18 bits per heavy atom. The fraction of sp³-hybridized carbons (Fsp3) is 0.923. The van der Waals surface area contributed by atoms with E-state index >= 15 is 0 Å². The second-order valence-electron chi connectivity index (χ2n) is 5.04. The summed E-state index contributed by atoms with van der Waals surface area (Å²) in [5, 5.41) is 0. The zero-order chi connectivity index (χ0) is 13.4. The van der Waals surface area contributed by atoms with Crippen LogP contribution in [0.25, 0.3) is 0 Å². The van der Waals surface area contributed by atoms with E-state index in [0.717, 1.165) is 32.5 Å². The molecule has 2 N–H and O–H groups in total. The van der Waals surface area contributed by atoms with Crippen molar-refractivity contribution in [2.45, 2.75) is 39.7 Å². The van der Waals surface area contributed by atoms with Gasteiger partial charge in [-0.15, -0.1) is 0 Å². The number of amides is 1. The van der Waals surface area contributed by atoms with Gasteiger partial charge in [0.2, 0.25) is 5.91 Å². The number of likely N-dealkylation sites (N-methyl/N-ethyl adjacent to an activating group) is 1. The van der Waals surface area contributed by atoms with E-state index in [2.05, 4.69) is 18.7 Å². The number of nitrogens with zero attached hydrogens (tertiary/aromatic N) is 2. The van der Waals surface area contributed by atoms with Gasteiger partial charge in [-0.2, -0.15) is 0 Å². The predicted octanol–water partition coefficient (Wildman–Crippen LogP) is 1.16. The summed E-state index contributed by atoms with van der Waals surface area (Å²) >= 11 is 0. The fourth-order valence-corrected chi connectivity index (χ4v) is 1.63. The Labute approximate surface area is 106 Å². The molecule has 0 aromatic rings. The second kappa shape index (κ2) is 8.48. The Morgan fingerprint density at radius 1 is 1.18 bits per heavy atom. The van der Waals surface area contributed by atoms with E-state index in [1.807, 2.05) is 25.9 Å². The molecule has 0 saturated heterocycles. The van der Waals surface area contributed by atoms with E-state index in [-0.39, 0.29) is 17.9 Å². The van der Waals surface area contributed by atoms with Crippen LogP contribution >= 0.6 is 0 Å². The van der Waals surface area contributed by atoms with Gasteiger partial charge in [-0.25, -0.2) is 0 Å². The van der Waals surface area contributed by atoms with Crippen LogP contribution in [0, 0.1) is 5.92 Å². The average molecular weight is 243 g/mol. The molecule has 0 heterocycles. The van der Waals surface area contributed by atoms with Crippen LogP contribution in [0.2, 0.25) is 0 Å². The summed E-state index contributed by atoms with van der Waals surface area (Å²) in [7, 11) is 4.03. The molecule has 0 rings (SSSR count). The van der Waals surface area contributed by atoms with Gasteiger partial charge in [-0.05, 0) is 26.4 Å². The van der Waals surface area contributed by atoms with Crippen molar-refractivity contribution in [2.24, 2.45) is 11.7 Å². The smallest absolute Gasteiger partial charge is 0.239 e. The van der Waals surface area contributed by atoms with Crippen molar-refractivity contribution in [3.8, 4) is 0 Å². The Morgan fingerprint density at radius 2 is 1.76 bits per heavy atom. The summed E-state index contributed by atoms with van der Waals surface area (Å²) in [6.45, 7) is 8.66. The molecule has 17 heavy (non-hydrogen) atoms. The highest BCUT2D eigenvalue weighted by atomic mass is 16.2. The summed E-state index contributed by atoms with van der Waals surface area (Å²) < 4.78 is 0. The molecule has 2 atom stereocenters. The van der Waals surface area contributed by atoms with Crippen molar-refractivity contribution >= 4 is 5.91 Å². The van der Waals surface area contributed by atoms with Crippen LogP contribution in [0.15, 0.2) is 0 Å². The second-order valence-corrected chi connectivity index (χ2v) is 5.04. The molecule has 1 unspecified atom stereocenters. The third kappa shape index (κ3) is 6.03. The van der Waals surface area contributed by atoms with Crippen LogP contribution in [0.4, 0.5) is 0 Å². The Bertz CT molecular complexity index is 219. The fourth-order valence-electron chi connectivity index (χ4n) is 1.63. The standard InChI is InChI=1S/C13H29N3O/c1-6-8-16(10-9-15(4)5)13(17)12(14)11(3)7-2/h11-12H,6-10,14H2,1-5H3/t11?,12-/m0/s1. The first kappa shape index (κ1) is 16.4. The van der Waals surface area contributed by atoms with Crippen molar-refractivity contribution in [3.63, 3.8) is 0 Å². The van der Waals surface area contributed by atoms with Gasteiger partial charge in [0.25, 0.3) is 0 Å². The number of hydrogen-bond donors (Lipinski definition) is 1. The van der Waals surface area contributed by atoms with E-state index in [9.17, 15) is 4.79 Å². The molecule has 4 nitrogen and oxygen atoms in total. The lowest BCUT2D eigenvalue weighted by Crippen LogP contribution is -2.49. The maximum Gasteiger partial charge on any atom is 0.239 e. The third-order valence-corrected chi connectivity index (χ3v) is 3.16. The Kier molecular flexibility index (Phi) is 8.17. The zero-order valence-electron chi connectivity index (χ0n) is 12.1. The molecule has 0 spiro atoms. The molecule has 4 heteroatoms. The maximum atomic E-state index is 12.2. The molecule has 0 fully saturated rings. The summed E-state index contributed by atoms with van der Waals surface area (Å²) in [5.41, 5.74) is 6.00. The minimum Gasteiger partial charge on any atom is -0.340 e. The summed E-state index contributed by atoms with van der Waals surface area (Å²) in [5.74, 6) is 0.351. The lowest BCUT2D eigenvalue weighted by molar-refractivity contribution is -0.134. The highest BCUT2D eigenvalue weighted by Gasteiger charge is 2.24. The molecule has 0 aliphatic carbocycles. The van der Waals surface area contributed by atoms with Gasteiger partial charge in [0.1, 0.15) is 0 Å². The molecular weight excluding hydrogens is 214 g/mol. The first-order valence-corrected chi connectivity index (χ1v) is 6.63. The van der Waals surface area contributed by atoms with Gasteiger partial charge in [0.05, 0.1) is 6.04 Å². The molecule has 0 radical (unpaired) electrons. The summed E-state index contributed by atoms with van der Waals surface area (Å²) in [6.07, 6.45) is 1.92. The first-order chi connectivity index (χ1) is 7.93. The zero-order valence-corrected chi connectivity index (χ0v) is 12.1. The van der Waals surface area contributed by atoms with Gasteiger partial charge >= 0.3 is 0 Å². The molecule has 0 aliphatic heterocycles. The van der Waals surface area contributed by atoms with Crippen molar-refractivity contribution in [1.29, 1.82) is 0 Å². The summed E-state index contributed by atoms with van der Waals surface area (Å²) in [6, 6.07) is -0.353. The monoisotopic (exact) mass is 243 g/mol. The quantitative estimate of drug-likeness (QED) is 0.696. The third-order valence-electron chi connectivity index (χ3n) is 3.16. The van der Waals surface area contributed by atoms with Crippen molar-refractivity contribution in [2.75, 3.05) is 33.7 Å². The van der Waals surface area contributed by atoms with Crippen LogP contribution in [-0.4, -0.2) is 55.5 Å². The minimum absolute atomic E-state index is 0.100.